The van der Waals surface area contributed by atoms with E-state index in [2.05, 4.69) is 16.5 Å². The van der Waals surface area contributed by atoms with E-state index < -0.39 is 0 Å². The van der Waals surface area contributed by atoms with Gasteiger partial charge in [0.2, 0.25) is 5.88 Å². The summed E-state index contributed by atoms with van der Waals surface area (Å²) < 4.78 is 5.39. The fourth-order valence-corrected chi connectivity index (χ4v) is 2.02. The molecule has 6 nitrogen and oxygen atoms in total. The minimum atomic E-state index is 0.158. The molecule has 0 aliphatic heterocycles. The van der Waals surface area contributed by atoms with Gasteiger partial charge in [-0.3, -0.25) is 0 Å². The lowest BCUT2D eigenvalue weighted by atomic mass is 9.96. The van der Waals surface area contributed by atoms with Crippen LogP contribution in [0.5, 0.6) is 5.88 Å². The number of aromatic nitrogens is 1. The summed E-state index contributed by atoms with van der Waals surface area (Å²) in [5.74, 6) is 5.77. The van der Waals surface area contributed by atoms with Crippen LogP contribution in [0.1, 0.15) is 18.1 Å². The molecule has 0 saturated heterocycles. The van der Waals surface area contributed by atoms with Gasteiger partial charge in [0.05, 0.1) is 6.61 Å². The average Bonchev–Trinajstić information content (AvgIpc) is 2.54. The summed E-state index contributed by atoms with van der Waals surface area (Å²) in [6, 6.07) is 13.2. The van der Waals surface area contributed by atoms with Crippen LogP contribution in [0, 0.1) is 22.7 Å². The minimum Gasteiger partial charge on any atom is -0.477 e. The minimum absolute atomic E-state index is 0.158. The molecule has 2 aromatic rings. The first kappa shape index (κ1) is 14.3. The van der Waals surface area contributed by atoms with Gasteiger partial charge in [-0.1, -0.05) is 30.3 Å². The zero-order valence-electron chi connectivity index (χ0n) is 11.4. The molecule has 1 aromatic carbocycles. The van der Waals surface area contributed by atoms with E-state index in [1.165, 1.54) is 0 Å². The highest BCUT2D eigenvalue weighted by Crippen LogP contribution is 2.35. The van der Waals surface area contributed by atoms with Crippen molar-refractivity contribution in [3.63, 3.8) is 0 Å². The van der Waals surface area contributed by atoms with Crippen LogP contribution in [-0.4, -0.2) is 11.6 Å². The molecule has 2 rings (SSSR count). The Bertz CT molecular complexity index is 728. The largest absolute Gasteiger partial charge is 0.477 e. The van der Waals surface area contributed by atoms with Crippen LogP contribution < -0.4 is 16.0 Å². The summed E-state index contributed by atoms with van der Waals surface area (Å²) in [7, 11) is 0. The van der Waals surface area contributed by atoms with E-state index in [-0.39, 0.29) is 22.8 Å². The maximum Gasteiger partial charge on any atom is 0.234 e. The van der Waals surface area contributed by atoms with Crippen molar-refractivity contribution in [3.8, 4) is 29.1 Å². The van der Waals surface area contributed by atoms with Crippen molar-refractivity contribution in [1.29, 1.82) is 10.5 Å². The second kappa shape index (κ2) is 6.38. The highest BCUT2D eigenvalue weighted by atomic mass is 16.5. The van der Waals surface area contributed by atoms with Crippen LogP contribution >= 0.6 is 0 Å². The summed E-state index contributed by atoms with van der Waals surface area (Å²) in [6.07, 6.45) is 0. The zero-order chi connectivity index (χ0) is 15.2. The number of anilines is 1. The second-order valence-corrected chi connectivity index (χ2v) is 4.06. The highest BCUT2D eigenvalue weighted by molar-refractivity contribution is 5.82. The monoisotopic (exact) mass is 279 g/mol. The third kappa shape index (κ3) is 2.62. The van der Waals surface area contributed by atoms with E-state index in [9.17, 15) is 10.5 Å². The number of hydrogen-bond acceptors (Lipinski definition) is 6. The molecule has 0 radical (unpaired) electrons. The number of nitrogen functional groups attached to an aromatic ring is 1. The normalized spacial score (nSPS) is 9.52. The van der Waals surface area contributed by atoms with E-state index in [0.717, 1.165) is 5.56 Å². The van der Waals surface area contributed by atoms with Crippen LogP contribution in [0.15, 0.2) is 30.3 Å². The highest BCUT2D eigenvalue weighted by Gasteiger charge is 2.21. The van der Waals surface area contributed by atoms with Crippen molar-refractivity contribution >= 4 is 5.82 Å². The molecule has 1 heterocycles. The van der Waals surface area contributed by atoms with Crippen molar-refractivity contribution in [3.05, 3.63) is 41.5 Å². The van der Waals surface area contributed by atoms with Crippen LogP contribution in [-0.2, 0) is 0 Å². The van der Waals surface area contributed by atoms with Gasteiger partial charge < -0.3 is 10.2 Å². The number of rotatable bonds is 4. The third-order valence-electron chi connectivity index (χ3n) is 2.87. The Kier molecular flexibility index (Phi) is 4.35. The van der Waals surface area contributed by atoms with Crippen molar-refractivity contribution in [2.45, 2.75) is 6.92 Å². The first-order valence-corrected chi connectivity index (χ1v) is 6.29. The number of pyridine rings is 1. The van der Waals surface area contributed by atoms with Crippen LogP contribution in [0.2, 0.25) is 0 Å². The van der Waals surface area contributed by atoms with Gasteiger partial charge in [-0.25, -0.2) is 5.84 Å². The second-order valence-electron chi connectivity index (χ2n) is 4.06. The zero-order valence-corrected chi connectivity index (χ0v) is 11.4. The summed E-state index contributed by atoms with van der Waals surface area (Å²) in [6.45, 7) is 2.14. The lowest BCUT2D eigenvalue weighted by Crippen LogP contribution is -2.13. The number of nitrogens with one attached hydrogen (secondary N) is 1. The molecule has 6 heteroatoms. The number of nitrogens with two attached hydrogens (primary N) is 1. The van der Waals surface area contributed by atoms with Gasteiger partial charge in [0.25, 0.3) is 0 Å². The molecule has 1 aromatic heterocycles. The summed E-state index contributed by atoms with van der Waals surface area (Å²) in [5.41, 5.74) is 4.01. The maximum atomic E-state index is 9.44. The maximum absolute atomic E-state index is 9.44. The Hall–Kier alpha value is -3.09. The van der Waals surface area contributed by atoms with E-state index in [1.54, 1.807) is 6.92 Å². The molecule has 0 aliphatic carbocycles. The molecule has 0 amide bonds. The standard InChI is InChI=1S/C15H13N5O/c1-2-21-15-12(9-17)13(10-6-4-3-5-7-10)11(8-16)14(19-15)20-18/h3-7H,2,18H2,1H3,(H,19,20). The van der Waals surface area contributed by atoms with Crippen molar-refractivity contribution < 1.29 is 4.74 Å². The SMILES string of the molecule is CCOc1nc(NN)c(C#N)c(-c2ccccc2)c1C#N. The molecule has 0 aliphatic rings. The first-order valence-electron chi connectivity index (χ1n) is 6.29. The quantitative estimate of drug-likeness (QED) is 0.656. The number of nitriles is 2. The van der Waals surface area contributed by atoms with Gasteiger partial charge in [0, 0.05) is 5.56 Å². The van der Waals surface area contributed by atoms with E-state index >= 15 is 0 Å². The Morgan fingerprint density at radius 2 is 1.86 bits per heavy atom. The van der Waals surface area contributed by atoms with Gasteiger partial charge >= 0.3 is 0 Å². The van der Waals surface area contributed by atoms with Crippen molar-refractivity contribution in [1.82, 2.24) is 4.98 Å². The molecule has 0 unspecified atom stereocenters. The topological polar surface area (TPSA) is 108 Å². The Labute approximate surface area is 122 Å². The van der Waals surface area contributed by atoms with Gasteiger partial charge in [0.1, 0.15) is 23.3 Å². The first-order chi connectivity index (χ1) is 10.3. The molecular weight excluding hydrogens is 266 g/mol. The lowest BCUT2D eigenvalue weighted by molar-refractivity contribution is 0.326. The van der Waals surface area contributed by atoms with E-state index in [0.29, 0.717) is 12.2 Å². The molecule has 0 fully saturated rings. The Morgan fingerprint density at radius 1 is 1.19 bits per heavy atom. The summed E-state index contributed by atoms with van der Waals surface area (Å²) in [5, 5.41) is 18.8. The van der Waals surface area contributed by atoms with Gasteiger partial charge in [-0.2, -0.15) is 15.5 Å². The third-order valence-corrected chi connectivity index (χ3v) is 2.87. The molecule has 0 bridgehead atoms. The van der Waals surface area contributed by atoms with Gasteiger partial charge in [-0.05, 0) is 12.5 Å². The number of benzene rings is 1. The Balaban J connectivity index is 2.85. The predicted molar refractivity (Wildman–Crippen MR) is 78.1 cm³/mol. The smallest absolute Gasteiger partial charge is 0.234 e. The van der Waals surface area contributed by atoms with E-state index in [4.69, 9.17) is 10.6 Å². The van der Waals surface area contributed by atoms with Crippen LogP contribution in [0.3, 0.4) is 0 Å². The van der Waals surface area contributed by atoms with Crippen LogP contribution in [0.25, 0.3) is 11.1 Å². The average molecular weight is 279 g/mol. The van der Waals surface area contributed by atoms with Crippen molar-refractivity contribution in [2.75, 3.05) is 12.0 Å². The Morgan fingerprint density at radius 3 is 2.38 bits per heavy atom. The summed E-state index contributed by atoms with van der Waals surface area (Å²) in [4.78, 5) is 4.11. The molecule has 104 valence electrons. The summed E-state index contributed by atoms with van der Waals surface area (Å²) >= 11 is 0. The molecule has 0 atom stereocenters. The molecule has 0 saturated carbocycles. The molecule has 3 N–H and O–H groups in total. The molecular formula is C15H13N5O. The fraction of sp³-hybridized carbons (Fsp3) is 0.133. The number of nitrogens with zero attached hydrogens (tertiary/aromatic N) is 3. The number of hydrazine groups is 1. The van der Waals surface area contributed by atoms with Crippen molar-refractivity contribution in [2.24, 2.45) is 5.84 Å². The lowest BCUT2D eigenvalue weighted by Gasteiger charge is -2.14. The predicted octanol–water partition coefficient (Wildman–Crippen LogP) is 2.18. The van der Waals surface area contributed by atoms with Gasteiger partial charge in [-0.15, -0.1) is 0 Å². The molecule has 0 spiro atoms. The van der Waals surface area contributed by atoms with E-state index in [1.807, 2.05) is 36.4 Å². The fourth-order valence-electron chi connectivity index (χ4n) is 2.02. The molecule has 21 heavy (non-hydrogen) atoms. The van der Waals surface area contributed by atoms with Gasteiger partial charge in [0.15, 0.2) is 5.82 Å². The number of ether oxygens (including phenoxy) is 1. The van der Waals surface area contributed by atoms with Crippen LogP contribution in [0.4, 0.5) is 5.82 Å². The number of hydrogen-bond donors (Lipinski definition) is 2.